The van der Waals surface area contributed by atoms with E-state index < -0.39 is 0 Å². The second-order valence-corrected chi connectivity index (χ2v) is 7.83. The molecule has 1 aliphatic heterocycles. The molecule has 3 aromatic rings. The Balaban J connectivity index is 1.44. The molecule has 0 aliphatic carbocycles. The molecule has 0 bridgehead atoms. The Morgan fingerprint density at radius 3 is 2.69 bits per heavy atom. The highest BCUT2D eigenvalue weighted by atomic mass is 16.3. The molecule has 4 rings (SSSR count). The van der Waals surface area contributed by atoms with E-state index in [-0.39, 0.29) is 24.1 Å². The lowest BCUT2D eigenvalue weighted by atomic mass is 9.91. The van der Waals surface area contributed by atoms with Crippen molar-refractivity contribution in [3.8, 4) is 0 Å². The van der Waals surface area contributed by atoms with Crippen LogP contribution in [0, 0.1) is 0 Å². The van der Waals surface area contributed by atoms with Gasteiger partial charge in [-0.15, -0.1) is 0 Å². The van der Waals surface area contributed by atoms with E-state index in [2.05, 4.69) is 44.8 Å². The number of nitrogens with one attached hydrogen (secondary N) is 3. The van der Waals surface area contributed by atoms with E-state index in [1.54, 1.807) is 0 Å². The van der Waals surface area contributed by atoms with Gasteiger partial charge in [0.1, 0.15) is 0 Å². The van der Waals surface area contributed by atoms with Crippen molar-refractivity contribution in [1.29, 1.82) is 0 Å². The Morgan fingerprint density at radius 1 is 1.17 bits per heavy atom. The Kier molecular flexibility index (Phi) is 5.83. The number of rotatable bonds is 6. The zero-order chi connectivity index (χ0) is 20.2. The smallest absolute Gasteiger partial charge is 0.314 e. The molecule has 1 fully saturated rings. The summed E-state index contributed by atoms with van der Waals surface area (Å²) in [6.07, 6.45) is 2.43. The molecule has 1 aliphatic rings. The number of fused-ring (bicyclic) bond motifs is 1. The van der Waals surface area contributed by atoms with Crippen molar-refractivity contribution in [3.05, 3.63) is 71.9 Å². The van der Waals surface area contributed by atoms with Gasteiger partial charge in [-0.25, -0.2) is 4.79 Å². The first-order chi connectivity index (χ1) is 14.1. The summed E-state index contributed by atoms with van der Waals surface area (Å²) in [4.78, 5) is 17.9. The Labute approximate surface area is 170 Å². The van der Waals surface area contributed by atoms with Gasteiger partial charge in [-0.2, -0.15) is 0 Å². The summed E-state index contributed by atoms with van der Waals surface area (Å²) in [5, 5.41) is 16.9. The molecule has 0 radical (unpaired) electrons. The van der Waals surface area contributed by atoms with Crippen molar-refractivity contribution in [2.24, 2.45) is 0 Å². The third-order valence-electron chi connectivity index (χ3n) is 5.83. The van der Waals surface area contributed by atoms with E-state index in [9.17, 15) is 9.90 Å². The molecular formula is C23H28N4O2. The first-order valence-electron chi connectivity index (χ1n) is 10.1. The molecule has 0 spiro atoms. The number of H-pyrrole nitrogens is 1. The standard InChI is InChI=1S/C23H28N4O2/c1-27-15-18(28)11-17(27)12-25-23(29)26-13-20(16-7-3-2-4-8-16)21-14-24-22-10-6-5-9-19(21)22/h2-10,14,17-18,20,24,28H,11-13,15H2,1H3,(H2,25,26,29). The van der Waals surface area contributed by atoms with Crippen LogP contribution in [0.4, 0.5) is 4.79 Å². The number of amides is 2. The maximum atomic E-state index is 12.4. The molecule has 1 saturated heterocycles. The number of aliphatic hydroxyl groups is 1. The number of aliphatic hydroxyl groups excluding tert-OH is 1. The summed E-state index contributed by atoms with van der Waals surface area (Å²) in [7, 11) is 1.98. The lowest BCUT2D eigenvalue weighted by molar-refractivity contribution is 0.182. The minimum absolute atomic E-state index is 0.0501. The van der Waals surface area contributed by atoms with Gasteiger partial charge in [0, 0.05) is 48.7 Å². The van der Waals surface area contributed by atoms with Crippen LogP contribution >= 0.6 is 0 Å². The number of likely N-dealkylation sites (tertiary alicyclic amines) is 1. The molecule has 0 saturated carbocycles. The molecule has 1 aromatic heterocycles. The maximum Gasteiger partial charge on any atom is 0.314 e. The van der Waals surface area contributed by atoms with Gasteiger partial charge in [-0.3, -0.25) is 4.90 Å². The number of hydrogen-bond acceptors (Lipinski definition) is 3. The van der Waals surface area contributed by atoms with Gasteiger partial charge in [0.2, 0.25) is 0 Å². The summed E-state index contributed by atoms with van der Waals surface area (Å²) >= 11 is 0. The minimum Gasteiger partial charge on any atom is -0.392 e. The number of para-hydroxylation sites is 1. The van der Waals surface area contributed by atoms with Gasteiger partial charge in [-0.05, 0) is 30.7 Å². The SMILES string of the molecule is CN1CC(O)CC1CNC(=O)NCC(c1ccccc1)c1c[nH]c2ccccc12. The number of nitrogens with zero attached hydrogens (tertiary/aromatic N) is 1. The van der Waals surface area contributed by atoms with Crippen LogP contribution in [-0.4, -0.2) is 59.8 Å². The van der Waals surface area contributed by atoms with Gasteiger partial charge in [-0.1, -0.05) is 48.5 Å². The van der Waals surface area contributed by atoms with E-state index >= 15 is 0 Å². The molecule has 2 amide bonds. The fraction of sp³-hybridized carbons (Fsp3) is 0.348. The average Bonchev–Trinajstić information content (AvgIpc) is 3.30. The van der Waals surface area contributed by atoms with Gasteiger partial charge in [0.05, 0.1) is 6.10 Å². The van der Waals surface area contributed by atoms with Crippen LogP contribution in [0.25, 0.3) is 10.9 Å². The van der Waals surface area contributed by atoms with Crippen LogP contribution in [0.3, 0.4) is 0 Å². The first kappa shape index (κ1) is 19.5. The quantitative estimate of drug-likeness (QED) is 0.521. The van der Waals surface area contributed by atoms with Gasteiger partial charge >= 0.3 is 6.03 Å². The minimum atomic E-state index is -0.306. The number of aromatic amines is 1. The molecule has 4 N–H and O–H groups in total. The molecule has 6 nitrogen and oxygen atoms in total. The third kappa shape index (κ3) is 4.44. The normalized spacial score (nSPS) is 20.6. The van der Waals surface area contributed by atoms with Crippen molar-refractivity contribution in [3.63, 3.8) is 0 Å². The second-order valence-electron chi connectivity index (χ2n) is 7.83. The van der Waals surface area contributed by atoms with Gasteiger partial charge in [0.25, 0.3) is 0 Å². The fourth-order valence-electron chi connectivity index (χ4n) is 4.23. The summed E-state index contributed by atoms with van der Waals surface area (Å²) in [5.74, 6) is 0.0501. The lowest BCUT2D eigenvalue weighted by Crippen LogP contribution is -2.44. The highest BCUT2D eigenvalue weighted by Crippen LogP contribution is 2.30. The molecule has 2 heterocycles. The molecule has 6 heteroatoms. The average molecular weight is 393 g/mol. The summed E-state index contributed by atoms with van der Waals surface area (Å²) in [6, 6.07) is 18.5. The Hall–Kier alpha value is -2.83. The van der Waals surface area contributed by atoms with Crippen LogP contribution in [0.15, 0.2) is 60.8 Å². The van der Waals surface area contributed by atoms with Crippen LogP contribution in [0.5, 0.6) is 0 Å². The zero-order valence-electron chi connectivity index (χ0n) is 16.6. The van der Waals surface area contributed by atoms with E-state index in [1.807, 2.05) is 43.6 Å². The highest BCUT2D eigenvalue weighted by molar-refractivity contribution is 5.84. The predicted octanol–water partition coefficient (Wildman–Crippen LogP) is 2.66. The second kappa shape index (κ2) is 8.68. The number of likely N-dealkylation sites (N-methyl/N-ethyl adjacent to an activating group) is 1. The number of β-amino-alcohol motifs (C(OH)–C–C–N with tert-alkyl or cyclic N) is 1. The lowest BCUT2D eigenvalue weighted by Gasteiger charge is -2.21. The van der Waals surface area contributed by atoms with E-state index in [0.717, 1.165) is 11.1 Å². The van der Waals surface area contributed by atoms with Crippen molar-refractivity contribution >= 4 is 16.9 Å². The van der Waals surface area contributed by atoms with Gasteiger partial charge in [0.15, 0.2) is 0 Å². The Morgan fingerprint density at radius 2 is 1.93 bits per heavy atom. The number of aromatic nitrogens is 1. The van der Waals surface area contributed by atoms with E-state index in [4.69, 9.17) is 0 Å². The van der Waals surface area contributed by atoms with Gasteiger partial charge < -0.3 is 20.7 Å². The number of carbonyl (C=O) groups is 1. The fourth-order valence-corrected chi connectivity index (χ4v) is 4.23. The van der Waals surface area contributed by atoms with Crippen LogP contribution in [0.2, 0.25) is 0 Å². The molecule has 3 unspecified atom stereocenters. The zero-order valence-corrected chi connectivity index (χ0v) is 16.6. The number of benzene rings is 2. The molecular weight excluding hydrogens is 364 g/mol. The summed E-state index contributed by atoms with van der Waals surface area (Å²) in [5.41, 5.74) is 3.43. The van der Waals surface area contributed by atoms with Crippen LogP contribution in [-0.2, 0) is 0 Å². The molecule has 29 heavy (non-hydrogen) atoms. The number of carbonyl (C=O) groups excluding carboxylic acids is 1. The van der Waals surface area contributed by atoms with E-state index in [0.29, 0.717) is 26.1 Å². The van der Waals surface area contributed by atoms with Crippen molar-refractivity contribution in [1.82, 2.24) is 20.5 Å². The number of urea groups is 1. The van der Waals surface area contributed by atoms with Crippen molar-refractivity contribution in [2.45, 2.75) is 24.5 Å². The van der Waals surface area contributed by atoms with Crippen molar-refractivity contribution < 1.29 is 9.90 Å². The van der Waals surface area contributed by atoms with Crippen molar-refractivity contribution in [2.75, 3.05) is 26.7 Å². The highest BCUT2D eigenvalue weighted by Gasteiger charge is 2.28. The van der Waals surface area contributed by atoms with Crippen LogP contribution < -0.4 is 10.6 Å². The monoisotopic (exact) mass is 392 g/mol. The van der Waals surface area contributed by atoms with E-state index in [1.165, 1.54) is 10.9 Å². The molecule has 3 atom stereocenters. The predicted molar refractivity (Wildman–Crippen MR) is 115 cm³/mol. The summed E-state index contributed by atoms with van der Waals surface area (Å²) < 4.78 is 0. The summed E-state index contributed by atoms with van der Waals surface area (Å²) in [6.45, 7) is 1.69. The maximum absolute atomic E-state index is 12.4. The van der Waals surface area contributed by atoms with Crippen LogP contribution in [0.1, 0.15) is 23.5 Å². The largest absolute Gasteiger partial charge is 0.392 e. The molecule has 152 valence electrons. The molecule has 2 aromatic carbocycles. The number of hydrogen-bond donors (Lipinski definition) is 4. The Bertz CT molecular complexity index is 956. The third-order valence-corrected chi connectivity index (χ3v) is 5.83. The topological polar surface area (TPSA) is 80.4 Å². The first-order valence-corrected chi connectivity index (χ1v) is 10.1.